The minimum absolute atomic E-state index is 0.308. The molecule has 2 aromatic carbocycles. The highest BCUT2D eigenvalue weighted by Gasteiger charge is 2.56. The van der Waals surface area contributed by atoms with Crippen LogP contribution in [0.4, 0.5) is 0 Å². The van der Waals surface area contributed by atoms with Crippen molar-refractivity contribution in [3.63, 3.8) is 0 Å². The number of hydrogen-bond donors (Lipinski definition) is 1. The molecule has 2 aliphatic carbocycles. The Morgan fingerprint density at radius 1 is 1.14 bits per heavy atom. The Labute approximate surface area is 126 Å². The highest BCUT2D eigenvalue weighted by Crippen LogP contribution is 2.64. The van der Waals surface area contributed by atoms with Gasteiger partial charge >= 0.3 is 0 Å². The first-order valence-corrected chi connectivity index (χ1v) is 8.14. The first kappa shape index (κ1) is 13.1. The number of aliphatic hydroxyl groups is 1. The molecule has 0 amide bonds. The van der Waals surface area contributed by atoms with Gasteiger partial charge in [-0.3, -0.25) is 0 Å². The number of aryl methyl sites for hydroxylation is 2. The van der Waals surface area contributed by atoms with E-state index in [1.165, 1.54) is 29.5 Å². The number of benzene rings is 2. The first-order chi connectivity index (χ1) is 10.3. The smallest absolute Gasteiger partial charge is 0.0827 e. The fourth-order valence-corrected chi connectivity index (χ4v) is 4.27. The molecular weight excluding hydrogens is 256 g/mol. The highest BCUT2D eigenvalue weighted by molar-refractivity contribution is 5.41. The van der Waals surface area contributed by atoms with Crippen LogP contribution in [-0.2, 0) is 12.8 Å². The van der Waals surface area contributed by atoms with E-state index in [0.717, 1.165) is 12.0 Å². The molecule has 0 spiro atoms. The van der Waals surface area contributed by atoms with Gasteiger partial charge in [0.2, 0.25) is 0 Å². The molecule has 4 atom stereocenters. The second-order valence-electron chi connectivity index (χ2n) is 6.55. The monoisotopic (exact) mass is 278 g/mol. The fraction of sp³-hybridized carbons (Fsp3) is 0.400. The predicted octanol–water partition coefficient (Wildman–Crippen LogP) is 4.26. The normalized spacial score (nSPS) is 27.6. The third kappa shape index (κ3) is 2.11. The average Bonchev–Trinajstić information content (AvgIpc) is 3.29. The fourth-order valence-electron chi connectivity index (χ4n) is 4.27. The van der Waals surface area contributed by atoms with Crippen LogP contribution in [0, 0.1) is 11.8 Å². The molecule has 21 heavy (non-hydrogen) atoms. The van der Waals surface area contributed by atoms with Crippen LogP contribution >= 0.6 is 0 Å². The second-order valence-corrected chi connectivity index (χ2v) is 6.55. The van der Waals surface area contributed by atoms with Crippen molar-refractivity contribution in [2.45, 2.75) is 38.2 Å². The third-order valence-electron chi connectivity index (χ3n) is 5.46. The molecule has 0 heterocycles. The van der Waals surface area contributed by atoms with Gasteiger partial charge in [-0.05, 0) is 59.3 Å². The molecule has 1 fully saturated rings. The quantitative estimate of drug-likeness (QED) is 0.889. The Balaban J connectivity index is 1.61. The third-order valence-corrected chi connectivity index (χ3v) is 5.46. The lowest BCUT2D eigenvalue weighted by atomic mass is 9.92. The molecule has 0 saturated heterocycles. The van der Waals surface area contributed by atoms with Crippen LogP contribution in [0.1, 0.15) is 47.6 Å². The Hall–Kier alpha value is -1.60. The SMILES string of the molecule is CCc1cccc(C(O)C2C3CCc4ccccc4C32)c1. The van der Waals surface area contributed by atoms with E-state index >= 15 is 0 Å². The van der Waals surface area contributed by atoms with Crippen LogP contribution in [0.15, 0.2) is 48.5 Å². The molecule has 2 aliphatic rings. The minimum atomic E-state index is -0.308. The largest absolute Gasteiger partial charge is 0.388 e. The van der Waals surface area contributed by atoms with Gasteiger partial charge in [-0.15, -0.1) is 0 Å². The van der Waals surface area contributed by atoms with E-state index < -0.39 is 0 Å². The first-order valence-electron chi connectivity index (χ1n) is 8.14. The van der Waals surface area contributed by atoms with Gasteiger partial charge in [0.15, 0.2) is 0 Å². The summed E-state index contributed by atoms with van der Waals surface area (Å²) < 4.78 is 0. The summed E-state index contributed by atoms with van der Waals surface area (Å²) >= 11 is 0. The summed E-state index contributed by atoms with van der Waals surface area (Å²) in [5, 5.41) is 10.8. The summed E-state index contributed by atoms with van der Waals surface area (Å²) in [6, 6.07) is 17.3. The van der Waals surface area contributed by atoms with Gasteiger partial charge in [-0.1, -0.05) is 55.5 Å². The zero-order valence-electron chi connectivity index (χ0n) is 12.5. The lowest BCUT2D eigenvalue weighted by molar-refractivity contribution is 0.145. The minimum Gasteiger partial charge on any atom is -0.388 e. The number of rotatable bonds is 3. The molecule has 4 unspecified atom stereocenters. The van der Waals surface area contributed by atoms with Gasteiger partial charge in [0.05, 0.1) is 6.10 Å². The number of fused-ring (bicyclic) bond motifs is 3. The Morgan fingerprint density at radius 2 is 2.00 bits per heavy atom. The average molecular weight is 278 g/mol. The van der Waals surface area contributed by atoms with Crippen LogP contribution in [-0.4, -0.2) is 5.11 Å². The molecule has 4 rings (SSSR count). The Kier molecular flexibility index (Phi) is 3.11. The topological polar surface area (TPSA) is 20.2 Å². The van der Waals surface area contributed by atoms with Gasteiger partial charge in [0.1, 0.15) is 0 Å². The maximum absolute atomic E-state index is 10.8. The van der Waals surface area contributed by atoms with Gasteiger partial charge in [0.25, 0.3) is 0 Å². The van der Waals surface area contributed by atoms with Crippen molar-refractivity contribution in [2.75, 3.05) is 0 Å². The van der Waals surface area contributed by atoms with E-state index in [-0.39, 0.29) is 6.10 Å². The van der Waals surface area contributed by atoms with E-state index in [4.69, 9.17) is 0 Å². The van der Waals surface area contributed by atoms with Crippen LogP contribution in [0.3, 0.4) is 0 Å². The zero-order valence-corrected chi connectivity index (χ0v) is 12.5. The van der Waals surface area contributed by atoms with E-state index in [1.54, 1.807) is 0 Å². The summed E-state index contributed by atoms with van der Waals surface area (Å²) in [6.07, 6.45) is 3.13. The lowest BCUT2D eigenvalue weighted by Crippen LogP contribution is -2.02. The summed E-state index contributed by atoms with van der Waals surface area (Å²) in [5.74, 6) is 1.68. The molecule has 1 saturated carbocycles. The molecule has 0 bridgehead atoms. The second kappa shape index (κ2) is 4.99. The van der Waals surface area contributed by atoms with E-state index in [9.17, 15) is 5.11 Å². The van der Waals surface area contributed by atoms with Crippen molar-refractivity contribution in [3.05, 3.63) is 70.8 Å². The molecule has 0 radical (unpaired) electrons. The van der Waals surface area contributed by atoms with Crippen molar-refractivity contribution in [3.8, 4) is 0 Å². The predicted molar refractivity (Wildman–Crippen MR) is 85.3 cm³/mol. The summed E-state index contributed by atoms with van der Waals surface area (Å²) in [5.41, 5.74) is 5.40. The molecule has 2 aromatic rings. The maximum atomic E-state index is 10.8. The molecule has 1 N–H and O–H groups in total. The van der Waals surface area contributed by atoms with Crippen molar-refractivity contribution >= 4 is 0 Å². The molecule has 1 heteroatoms. The van der Waals surface area contributed by atoms with Crippen molar-refractivity contribution in [1.29, 1.82) is 0 Å². The van der Waals surface area contributed by atoms with Crippen LogP contribution in [0.25, 0.3) is 0 Å². The molecular formula is C20H22O. The summed E-state index contributed by atoms with van der Waals surface area (Å²) in [4.78, 5) is 0. The van der Waals surface area contributed by atoms with Crippen molar-refractivity contribution in [2.24, 2.45) is 11.8 Å². The zero-order chi connectivity index (χ0) is 14.4. The van der Waals surface area contributed by atoms with Crippen molar-refractivity contribution < 1.29 is 5.11 Å². The Bertz CT molecular complexity index is 660. The standard InChI is InChI=1S/C20H22O/c1-2-13-6-5-8-15(12-13)20(21)19-17-11-10-14-7-3-4-9-16(14)18(17)19/h3-9,12,17-21H,2,10-11H2,1H3. The van der Waals surface area contributed by atoms with Gasteiger partial charge < -0.3 is 5.11 Å². The number of hydrogen-bond acceptors (Lipinski definition) is 1. The highest BCUT2D eigenvalue weighted by atomic mass is 16.3. The van der Waals surface area contributed by atoms with Gasteiger partial charge in [-0.2, -0.15) is 0 Å². The Morgan fingerprint density at radius 3 is 2.86 bits per heavy atom. The summed E-state index contributed by atoms with van der Waals surface area (Å²) in [7, 11) is 0. The molecule has 1 nitrogen and oxygen atoms in total. The maximum Gasteiger partial charge on any atom is 0.0827 e. The van der Waals surface area contributed by atoms with E-state index in [1.807, 2.05) is 0 Å². The van der Waals surface area contributed by atoms with E-state index in [0.29, 0.717) is 17.8 Å². The van der Waals surface area contributed by atoms with Crippen LogP contribution < -0.4 is 0 Å². The van der Waals surface area contributed by atoms with Crippen molar-refractivity contribution in [1.82, 2.24) is 0 Å². The molecule has 0 aromatic heterocycles. The van der Waals surface area contributed by atoms with E-state index in [2.05, 4.69) is 55.5 Å². The molecule has 0 aliphatic heterocycles. The van der Waals surface area contributed by atoms with Crippen LogP contribution in [0.5, 0.6) is 0 Å². The van der Waals surface area contributed by atoms with Gasteiger partial charge in [0, 0.05) is 0 Å². The van der Waals surface area contributed by atoms with Crippen LogP contribution in [0.2, 0.25) is 0 Å². The number of aliphatic hydroxyl groups excluding tert-OH is 1. The summed E-state index contributed by atoms with van der Waals surface area (Å²) in [6.45, 7) is 2.17. The van der Waals surface area contributed by atoms with Gasteiger partial charge in [-0.25, -0.2) is 0 Å². The molecule has 108 valence electrons. The lowest BCUT2D eigenvalue weighted by Gasteiger charge is -2.14.